The van der Waals surface area contributed by atoms with Crippen LogP contribution in [0.1, 0.15) is 37.0 Å². The van der Waals surface area contributed by atoms with Gasteiger partial charge < -0.3 is 5.32 Å². The molecular formula is C12H18ClN3O2. The number of aryl methyl sites for hydroxylation is 1. The summed E-state index contributed by atoms with van der Waals surface area (Å²) in [5.74, 6) is -0.471. The molecule has 1 heterocycles. The van der Waals surface area contributed by atoms with E-state index >= 15 is 0 Å². The third kappa shape index (κ3) is 3.10. The molecule has 0 saturated carbocycles. The lowest BCUT2D eigenvalue weighted by Crippen LogP contribution is -2.35. The second kappa shape index (κ2) is 5.10. The van der Waals surface area contributed by atoms with Crippen molar-refractivity contribution in [2.45, 2.75) is 27.7 Å². The fourth-order valence-corrected chi connectivity index (χ4v) is 1.48. The van der Waals surface area contributed by atoms with E-state index in [-0.39, 0.29) is 18.0 Å². The van der Waals surface area contributed by atoms with Gasteiger partial charge in [0.1, 0.15) is 0 Å². The van der Waals surface area contributed by atoms with Crippen molar-refractivity contribution in [3.63, 3.8) is 0 Å². The lowest BCUT2D eigenvalue weighted by atomic mass is 9.91. The van der Waals surface area contributed by atoms with Gasteiger partial charge in [0.15, 0.2) is 11.5 Å². The molecule has 1 aromatic rings. The minimum atomic E-state index is -0.475. The van der Waals surface area contributed by atoms with Crippen molar-refractivity contribution in [1.82, 2.24) is 15.1 Å². The molecular weight excluding hydrogens is 254 g/mol. The van der Waals surface area contributed by atoms with Gasteiger partial charge in [0, 0.05) is 12.5 Å². The van der Waals surface area contributed by atoms with Gasteiger partial charge in [-0.25, -0.2) is 0 Å². The van der Waals surface area contributed by atoms with Crippen LogP contribution in [-0.2, 0) is 11.8 Å². The number of hydrogen-bond donors (Lipinski definition) is 1. The van der Waals surface area contributed by atoms with Crippen molar-refractivity contribution in [1.29, 1.82) is 0 Å². The molecule has 0 radical (unpaired) electrons. The summed E-state index contributed by atoms with van der Waals surface area (Å²) in [5.41, 5.74) is 0.388. The molecule has 100 valence electrons. The van der Waals surface area contributed by atoms with Gasteiger partial charge in [-0.2, -0.15) is 5.10 Å². The fourth-order valence-electron chi connectivity index (χ4n) is 1.24. The van der Waals surface area contributed by atoms with E-state index in [4.69, 9.17) is 11.6 Å². The van der Waals surface area contributed by atoms with Gasteiger partial charge in [-0.15, -0.1) is 0 Å². The zero-order valence-corrected chi connectivity index (χ0v) is 12.1. The Morgan fingerprint density at radius 1 is 1.39 bits per heavy atom. The van der Waals surface area contributed by atoms with Crippen molar-refractivity contribution in [3.05, 3.63) is 16.4 Å². The summed E-state index contributed by atoms with van der Waals surface area (Å²) in [6, 6.07) is 0. The van der Waals surface area contributed by atoms with E-state index in [1.807, 2.05) is 0 Å². The number of nitrogens with one attached hydrogen (secondary N) is 1. The minimum Gasteiger partial charge on any atom is -0.343 e. The lowest BCUT2D eigenvalue weighted by molar-refractivity contribution is -0.125. The number of Topliss-reactive ketones (excluding diaryl/α,β-unsaturated/α-hetero) is 1. The Bertz CT molecular complexity index is 486. The molecule has 6 heteroatoms. The maximum atomic E-state index is 11.8. The van der Waals surface area contributed by atoms with Crippen LogP contribution in [0.2, 0.25) is 5.02 Å². The summed E-state index contributed by atoms with van der Waals surface area (Å²) in [6.45, 7) is 7.17. The number of nitrogens with zero attached hydrogens (tertiary/aromatic N) is 2. The normalized spacial score (nSPS) is 11.4. The number of ketones is 1. The average molecular weight is 272 g/mol. The molecule has 1 rings (SSSR count). The van der Waals surface area contributed by atoms with Crippen molar-refractivity contribution in [2.24, 2.45) is 12.5 Å². The monoisotopic (exact) mass is 271 g/mol. The third-order valence-corrected chi connectivity index (χ3v) is 3.17. The Morgan fingerprint density at radius 2 is 1.94 bits per heavy atom. The summed E-state index contributed by atoms with van der Waals surface area (Å²) in [6.07, 6.45) is 0. The van der Waals surface area contributed by atoms with E-state index in [1.165, 1.54) is 4.68 Å². The first-order valence-corrected chi connectivity index (χ1v) is 6.03. The van der Waals surface area contributed by atoms with Crippen molar-refractivity contribution in [2.75, 3.05) is 6.54 Å². The molecule has 0 saturated heterocycles. The molecule has 0 aliphatic rings. The van der Waals surface area contributed by atoms with Crippen LogP contribution in [0.15, 0.2) is 0 Å². The third-order valence-electron chi connectivity index (χ3n) is 2.72. The molecule has 0 unspecified atom stereocenters. The number of hydrogen-bond acceptors (Lipinski definition) is 3. The molecule has 1 aromatic heterocycles. The largest absolute Gasteiger partial charge is 0.343 e. The van der Waals surface area contributed by atoms with Crippen LogP contribution in [-0.4, -0.2) is 28.0 Å². The molecule has 18 heavy (non-hydrogen) atoms. The number of rotatable bonds is 3. The molecule has 0 atom stereocenters. The maximum Gasteiger partial charge on any atom is 0.273 e. The molecule has 0 aliphatic carbocycles. The highest BCUT2D eigenvalue weighted by Crippen LogP contribution is 2.19. The first kappa shape index (κ1) is 14.7. The fraction of sp³-hybridized carbons (Fsp3) is 0.583. The highest BCUT2D eigenvalue weighted by atomic mass is 35.5. The van der Waals surface area contributed by atoms with Gasteiger partial charge >= 0.3 is 0 Å². The molecule has 0 spiro atoms. The highest BCUT2D eigenvalue weighted by molar-refractivity contribution is 6.34. The predicted molar refractivity (Wildman–Crippen MR) is 69.8 cm³/mol. The Kier molecular flexibility index (Phi) is 4.16. The van der Waals surface area contributed by atoms with Gasteiger partial charge in [0.2, 0.25) is 0 Å². The number of amides is 1. The molecule has 0 fully saturated rings. The summed E-state index contributed by atoms with van der Waals surface area (Å²) < 4.78 is 1.53. The number of carbonyl (C=O) groups excluding carboxylic acids is 2. The molecule has 0 aliphatic heterocycles. The smallest absolute Gasteiger partial charge is 0.273 e. The van der Waals surface area contributed by atoms with Gasteiger partial charge in [0.05, 0.1) is 17.3 Å². The molecule has 5 nitrogen and oxygen atoms in total. The van der Waals surface area contributed by atoms with Crippen LogP contribution >= 0.6 is 11.6 Å². The first-order chi connectivity index (χ1) is 8.14. The Labute approximate surface area is 111 Å². The summed E-state index contributed by atoms with van der Waals surface area (Å²) in [4.78, 5) is 23.5. The number of carbonyl (C=O) groups is 2. The van der Waals surface area contributed by atoms with Gasteiger partial charge in [-0.05, 0) is 6.92 Å². The van der Waals surface area contributed by atoms with E-state index in [2.05, 4.69) is 10.4 Å². The quantitative estimate of drug-likeness (QED) is 0.911. The lowest BCUT2D eigenvalue weighted by Gasteiger charge is -2.16. The van der Waals surface area contributed by atoms with Crippen molar-refractivity contribution >= 4 is 23.3 Å². The molecule has 0 bridgehead atoms. The van der Waals surface area contributed by atoms with E-state index in [1.54, 1.807) is 34.7 Å². The van der Waals surface area contributed by atoms with Crippen LogP contribution in [0.5, 0.6) is 0 Å². The summed E-state index contributed by atoms with van der Waals surface area (Å²) in [5, 5.41) is 6.87. The van der Waals surface area contributed by atoms with E-state index in [0.717, 1.165) is 0 Å². The first-order valence-electron chi connectivity index (χ1n) is 5.65. The Morgan fingerprint density at radius 3 is 2.33 bits per heavy atom. The minimum absolute atomic E-state index is 0.0196. The van der Waals surface area contributed by atoms with Crippen molar-refractivity contribution in [3.8, 4) is 0 Å². The van der Waals surface area contributed by atoms with Crippen molar-refractivity contribution < 1.29 is 9.59 Å². The van der Waals surface area contributed by atoms with Crippen LogP contribution < -0.4 is 5.32 Å². The molecule has 1 amide bonds. The average Bonchev–Trinajstić information content (AvgIpc) is 2.52. The zero-order chi connectivity index (χ0) is 14.1. The van der Waals surface area contributed by atoms with Crippen LogP contribution in [0.4, 0.5) is 0 Å². The van der Waals surface area contributed by atoms with E-state index < -0.39 is 11.3 Å². The standard InChI is InChI=1S/C12H18ClN3O2/c1-7-9(13)10(15-16(7)5)11(18)14-6-8(17)12(2,3)4/h6H2,1-5H3,(H,14,18). The van der Waals surface area contributed by atoms with Gasteiger partial charge in [0.25, 0.3) is 5.91 Å². The van der Waals surface area contributed by atoms with Gasteiger partial charge in [-0.3, -0.25) is 14.3 Å². The van der Waals surface area contributed by atoms with Gasteiger partial charge in [-0.1, -0.05) is 32.4 Å². The van der Waals surface area contributed by atoms with E-state index in [9.17, 15) is 9.59 Å². The molecule has 1 N–H and O–H groups in total. The number of aromatic nitrogens is 2. The summed E-state index contributed by atoms with van der Waals surface area (Å²) in [7, 11) is 1.71. The topological polar surface area (TPSA) is 64.0 Å². The predicted octanol–water partition coefficient (Wildman–Crippen LogP) is 1.73. The highest BCUT2D eigenvalue weighted by Gasteiger charge is 2.23. The summed E-state index contributed by atoms with van der Waals surface area (Å²) >= 11 is 5.99. The van der Waals surface area contributed by atoms with Crippen LogP contribution in [0.25, 0.3) is 0 Å². The maximum absolute atomic E-state index is 11.8. The molecule has 0 aromatic carbocycles. The Hall–Kier alpha value is -1.36. The Balaban J connectivity index is 2.73. The number of halogens is 1. The van der Waals surface area contributed by atoms with Crippen LogP contribution in [0.3, 0.4) is 0 Å². The zero-order valence-electron chi connectivity index (χ0n) is 11.3. The second-order valence-corrected chi connectivity index (χ2v) is 5.61. The van der Waals surface area contributed by atoms with Crippen LogP contribution in [0, 0.1) is 12.3 Å². The SMILES string of the molecule is Cc1c(Cl)c(C(=O)NCC(=O)C(C)(C)C)nn1C. The second-order valence-electron chi connectivity index (χ2n) is 5.23. The van der Waals surface area contributed by atoms with E-state index in [0.29, 0.717) is 10.7 Å².